The van der Waals surface area contributed by atoms with E-state index in [1.165, 1.54) is 36.6 Å². The molecule has 8 heteroatoms. The molecule has 1 heterocycles. The molecular weight excluding hydrogens is 316 g/mol. The zero-order chi connectivity index (χ0) is 15.4. The monoisotopic (exact) mass is 326 g/mol. The van der Waals surface area contributed by atoms with Crippen molar-refractivity contribution in [2.24, 2.45) is 0 Å². The van der Waals surface area contributed by atoms with Gasteiger partial charge in [-0.3, -0.25) is 0 Å². The van der Waals surface area contributed by atoms with Crippen molar-refractivity contribution in [2.75, 3.05) is 12.4 Å². The van der Waals surface area contributed by atoms with Crippen LogP contribution in [0.3, 0.4) is 0 Å². The second kappa shape index (κ2) is 6.55. The number of hydrogen-bond acceptors (Lipinski definition) is 6. The van der Waals surface area contributed by atoms with E-state index < -0.39 is 11.9 Å². The van der Waals surface area contributed by atoms with Gasteiger partial charge in [-0.05, 0) is 18.2 Å². The maximum absolute atomic E-state index is 11.7. The van der Waals surface area contributed by atoms with E-state index >= 15 is 0 Å². The first-order chi connectivity index (χ1) is 10.0. The first kappa shape index (κ1) is 15.3. The van der Waals surface area contributed by atoms with Crippen LogP contribution in [0.4, 0.5) is 5.69 Å². The zero-order valence-corrected chi connectivity index (χ0v) is 12.5. The molecule has 0 aliphatic rings. The fourth-order valence-corrected chi connectivity index (χ4v) is 2.58. The predicted molar refractivity (Wildman–Crippen MR) is 79.2 cm³/mol. The molecule has 110 valence electrons. The largest absolute Gasteiger partial charge is 0.478 e. The lowest BCUT2D eigenvalue weighted by atomic mass is 10.1. The van der Waals surface area contributed by atoms with Crippen molar-refractivity contribution in [1.29, 1.82) is 0 Å². The van der Waals surface area contributed by atoms with E-state index in [0.717, 1.165) is 4.88 Å². The number of halogens is 1. The van der Waals surface area contributed by atoms with E-state index in [0.29, 0.717) is 16.7 Å². The molecular formula is C13H11ClN2O4S. The molecule has 21 heavy (non-hydrogen) atoms. The molecule has 0 saturated heterocycles. The Morgan fingerprint density at radius 2 is 2.24 bits per heavy atom. The maximum Gasteiger partial charge on any atom is 0.339 e. The number of nitrogens with zero attached hydrogens (tertiary/aromatic N) is 1. The van der Waals surface area contributed by atoms with Gasteiger partial charge in [-0.25, -0.2) is 14.6 Å². The standard InChI is InChI=1S/C13H11ClN2O4S/c1-20-12(19)9-3-2-7(11(17)18)4-10(9)15-5-8-6-16-13(14)21-8/h2-4,6,15H,5H2,1H3,(H,17,18). The number of ether oxygens (including phenoxy) is 1. The summed E-state index contributed by atoms with van der Waals surface area (Å²) in [6.45, 7) is 0.372. The topological polar surface area (TPSA) is 88.5 Å². The van der Waals surface area contributed by atoms with Gasteiger partial charge in [0.1, 0.15) is 0 Å². The first-order valence-corrected chi connectivity index (χ1v) is 7.00. The Morgan fingerprint density at radius 3 is 2.81 bits per heavy atom. The molecule has 0 amide bonds. The highest BCUT2D eigenvalue weighted by Gasteiger charge is 2.15. The van der Waals surface area contributed by atoms with Crippen LogP contribution in [-0.2, 0) is 11.3 Å². The minimum Gasteiger partial charge on any atom is -0.478 e. The van der Waals surface area contributed by atoms with Crippen LogP contribution < -0.4 is 5.32 Å². The normalized spacial score (nSPS) is 10.2. The van der Waals surface area contributed by atoms with Crippen molar-refractivity contribution in [3.63, 3.8) is 0 Å². The second-order valence-electron chi connectivity index (χ2n) is 3.99. The van der Waals surface area contributed by atoms with Crippen LogP contribution in [0.1, 0.15) is 25.6 Å². The van der Waals surface area contributed by atoms with E-state index in [2.05, 4.69) is 15.0 Å². The fourth-order valence-electron chi connectivity index (χ4n) is 1.66. The van der Waals surface area contributed by atoms with Crippen LogP contribution in [0.5, 0.6) is 0 Å². The molecule has 0 bridgehead atoms. The Labute approximate surface area is 129 Å². The van der Waals surface area contributed by atoms with Crippen molar-refractivity contribution < 1.29 is 19.4 Å². The summed E-state index contributed by atoms with van der Waals surface area (Å²) in [5.41, 5.74) is 0.719. The number of benzene rings is 1. The molecule has 2 aromatic rings. The molecule has 0 radical (unpaired) electrons. The number of hydrogen-bond donors (Lipinski definition) is 2. The summed E-state index contributed by atoms with van der Waals surface area (Å²) in [5, 5.41) is 12.0. The third-order valence-electron chi connectivity index (χ3n) is 2.65. The Bertz CT molecular complexity index is 687. The Morgan fingerprint density at radius 1 is 1.48 bits per heavy atom. The Balaban J connectivity index is 2.27. The maximum atomic E-state index is 11.7. The van der Waals surface area contributed by atoms with Gasteiger partial charge in [0.15, 0.2) is 4.47 Å². The number of aromatic carboxylic acids is 1. The van der Waals surface area contributed by atoms with Gasteiger partial charge >= 0.3 is 11.9 Å². The number of thiazole rings is 1. The third kappa shape index (κ3) is 3.71. The molecule has 0 aliphatic carbocycles. The van der Waals surface area contributed by atoms with E-state index in [1.807, 2.05) is 0 Å². The minimum absolute atomic E-state index is 0.0764. The minimum atomic E-state index is -1.07. The zero-order valence-electron chi connectivity index (χ0n) is 10.9. The van der Waals surface area contributed by atoms with Gasteiger partial charge in [-0.1, -0.05) is 11.6 Å². The first-order valence-electron chi connectivity index (χ1n) is 5.81. The van der Waals surface area contributed by atoms with Crippen LogP contribution in [0.2, 0.25) is 4.47 Å². The summed E-state index contributed by atoms with van der Waals surface area (Å²) in [4.78, 5) is 27.5. The molecule has 1 aromatic carbocycles. The number of carbonyl (C=O) groups excluding carboxylic acids is 1. The van der Waals surface area contributed by atoms with Crippen LogP contribution >= 0.6 is 22.9 Å². The highest BCUT2D eigenvalue weighted by molar-refractivity contribution is 7.15. The lowest BCUT2D eigenvalue weighted by molar-refractivity contribution is 0.0599. The van der Waals surface area contributed by atoms with Crippen LogP contribution in [-0.4, -0.2) is 29.1 Å². The van der Waals surface area contributed by atoms with Gasteiger partial charge in [0.05, 0.1) is 24.8 Å². The van der Waals surface area contributed by atoms with Crippen molar-refractivity contribution in [1.82, 2.24) is 4.98 Å². The number of anilines is 1. The fraction of sp³-hybridized carbons (Fsp3) is 0.154. The van der Waals surface area contributed by atoms with Gasteiger partial charge in [-0.2, -0.15) is 0 Å². The summed E-state index contributed by atoms with van der Waals surface area (Å²) in [6.07, 6.45) is 1.61. The number of carboxylic acid groups (broad SMARTS) is 1. The number of carbonyl (C=O) groups is 2. The van der Waals surface area contributed by atoms with Gasteiger partial charge in [0.2, 0.25) is 0 Å². The highest BCUT2D eigenvalue weighted by Crippen LogP contribution is 2.22. The van der Waals surface area contributed by atoms with Crippen LogP contribution in [0.25, 0.3) is 0 Å². The summed E-state index contributed by atoms with van der Waals surface area (Å²) in [7, 11) is 1.26. The molecule has 2 rings (SSSR count). The average molecular weight is 327 g/mol. The molecule has 1 aromatic heterocycles. The Hall–Kier alpha value is -2.12. The summed E-state index contributed by atoms with van der Waals surface area (Å²) >= 11 is 7.04. The van der Waals surface area contributed by atoms with E-state index in [4.69, 9.17) is 16.7 Å². The number of methoxy groups -OCH3 is 1. The highest BCUT2D eigenvalue weighted by atomic mass is 35.5. The average Bonchev–Trinajstić information content (AvgIpc) is 2.89. The lowest BCUT2D eigenvalue weighted by Gasteiger charge is -2.10. The third-order valence-corrected chi connectivity index (χ3v) is 3.77. The number of esters is 1. The second-order valence-corrected chi connectivity index (χ2v) is 5.69. The van der Waals surface area contributed by atoms with Gasteiger partial charge in [-0.15, -0.1) is 11.3 Å². The summed E-state index contributed by atoms with van der Waals surface area (Å²) in [5.74, 6) is -1.62. The molecule has 0 unspecified atom stereocenters. The summed E-state index contributed by atoms with van der Waals surface area (Å²) in [6, 6.07) is 4.15. The Kier molecular flexibility index (Phi) is 4.77. The molecule has 0 saturated carbocycles. The van der Waals surface area contributed by atoms with Gasteiger partial charge in [0.25, 0.3) is 0 Å². The summed E-state index contributed by atoms with van der Waals surface area (Å²) < 4.78 is 5.09. The SMILES string of the molecule is COC(=O)c1ccc(C(=O)O)cc1NCc1cnc(Cl)s1. The quantitative estimate of drug-likeness (QED) is 0.821. The van der Waals surface area contributed by atoms with E-state index in [-0.39, 0.29) is 11.1 Å². The van der Waals surface area contributed by atoms with E-state index in [9.17, 15) is 9.59 Å². The van der Waals surface area contributed by atoms with Crippen molar-refractivity contribution in [3.8, 4) is 0 Å². The molecule has 0 atom stereocenters. The van der Waals surface area contributed by atoms with Gasteiger partial charge in [0, 0.05) is 16.8 Å². The van der Waals surface area contributed by atoms with Crippen molar-refractivity contribution in [2.45, 2.75) is 6.54 Å². The smallest absolute Gasteiger partial charge is 0.339 e. The molecule has 2 N–H and O–H groups in total. The van der Waals surface area contributed by atoms with E-state index in [1.54, 1.807) is 6.20 Å². The van der Waals surface area contributed by atoms with Crippen LogP contribution in [0, 0.1) is 0 Å². The lowest BCUT2D eigenvalue weighted by Crippen LogP contribution is -2.09. The number of rotatable bonds is 5. The number of carboxylic acids is 1. The predicted octanol–water partition coefficient (Wildman–Crippen LogP) is 2.89. The van der Waals surface area contributed by atoms with Gasteiger partial charge < -0.3 is 15.2 Å². The molecule has 0 spiro atoms. The van der Waals surface area contributed by atoms with Crippen molar-refractivity contribution >= 4 is 40.6 Å². The number of aromatic nitrogens is 1. The van der Waals surface area contributed by atoms with Crippen LogP contribution in [0.15, 0.2) is 24.4 Å². The molecule has 6 nitrogen and oxygen atoms in total. The molecule has 0 aliphatic heterocycles. The van der Waals surface area contributed by atoms with Crippen molar-refractivity contribution in [3.05, 3.63) is 44.9 Å². The molecule has 0 fully saturated rings. The number of nitrogens with one attached hydrogen (secondary N) is 1.